The summed E-state index contributed by atoms with van der Waals surface area (Å²) in [6, 6.07) is 6.78. The molecule has 0 spiro atoms. The number of hydrogen-bond donors (Lipinski definition) is 0. The van der Waals surface area contributed by atoms with Crippen LogP contribution < -0.4 is 0 Å². The molecule has 0 atom stereocenters. The van der Waals surface area contributed by atoms with Gasteiger partial charge in [-0.25, -0.2) is 4.39 Å². The Morgan fingerprint density at radius 2 is 1.92 bits per heavy atom. The van der Waals surface area contributed by atoms with E-state index in [4.69, 9.17) is 9.47 Å². The molecule has 140 valence electrons. The summed E-state index contributed by atoms with van der Waals surface area (Å²) in [7, 11) is 0. The molecular formula is C20H23FINO3. The Morgan fingerprint density at radius 3 is 2.58 bits per heavy atom. The molecule has 0 amide bonds. The fraction of sp³-hybridized carbons (Fsp3) is 0.400. The SMILES string of the molecule is CCOC(CCC(=O)c1ccncc1Cc1ccc(I)cc1F)OCC. The van der Waals surface area contributed by atoms with Gasteiger partial charge in [-0.3, -0.25) is 9.78 Å². The topological polar surface area (TPSA) is 48.4 Å². The van der Waals surface area contributed by atoms with E-state index in [1.54, 1.807) is 24.5 Å². The zero-order valence-electron chi connectivity index (χ0n) is 15.0. The van der Waals surface area contributed by atoms with Gasteiger partial charge in [0.15, 0.2) is 12.1 Å². The number of ketones is 1. The first-order valence-electron chi connectivity index (χ1n) is 8.68. The largest absolute Gasteiger partial charge is 0.353 e. The van der Waals surface area contributed by atoms with Crippen molar-refractivity contribution in [2.24, 2.45) is 0 Å². The number of nitrogens with zero attached hydrogens (tertiary/aromatic N) is 1. The van der Waals surface area contributed by atoms with Crippen molar-refractivity contribution in [3.8, 4) is 0 Å². The predicted molar refractivity (Wildman–Crippen MR) is 107 cm³/mol. The molecule has 0 unspecified atom stereocenters. The van der Waals surface area contributed by atoms with E-state index in [-0.39, 0.29) is 17.9 Å². The van der Waals surface area contributed by atoms with Gasteiger partial charge in [0.2, 0.25) is 0 Å². The van der Waals surface area contributed by atoms with Crippen LogP contribution in [0.4, 0.5) is 4.39 Å². The van der Waals surface area contributed by atoms with Crippen molar-refractivity contribution in [2.75, 3.05) is 13.2 Å². The first kappa shape index (κ1) is 20.9. The number of carbonyl (C=O) groups is 1. The summed E-state index contributed by atoms with van der Waals surface area (Å²) in [6.07, 6.45) is 3.96. The lowest BCUT2D eigenvalue weighted by atomic mass is 9.97. The smallest absolute Gasteiger partial charge is 0.163 e. The number of carbonyl (C=O) groups excluding carboxylic acids is 1. The number of benzene rings is 1. The average molecular weight is 471 g/mol. The van der Waals surface area contributed by atoms with E-state index in [9.17, 15) is 9.18 Å². The number of pyridine rings is 1. The molecule has 0 aliphatic carbocycles. The maximum absolute atomic E-state index is 14.1. The summed E-state index contributed by atoms with van der Waals surface area (Å²) < 4.78 is 26.0. The number of hydrogen-bond acceptors (Lipinski definition) is 4. The van der Waals surface area contributed by atoms with E-state index in [0.717, 1.165) is 9.13 Å². The van der Waals surface area contributed by atoms with Gasteiger partial charge in [-0.2, -0.15) is 0 Å². The number of Topliss-reactive ketones (excluding diaryl/α,β-unsaturated/α-hetero) is 1. The van der Waals surface area contributed by atoms with E-state index in [0.29, 0.717) is 43.6 Å². The van der Waals surface area contributed by atoms with Crippen molar-refractivity contribution in [3.63, 3.8) is 0 Å². The first-order chi connectivity index (χ1) is 12.5. The van der Waals surface area contributed by atoms with Crippen LogP contribution in [0, 0.1) is 9.39 Å². The highest BCUT2D eigenvalue weighted by Gasteiger charge is 2.16. The zero-order valence-corrected chi connectivity index (χ0v) is 17.2. The summed E-state index contributed by atoms with van der Waals surface area (Å²) in [5.74, 6) is -0.287. The third kappa shape index (κ3) is 6.10. The molecule has 0 aliphatic rings. The van der Waals surface area contributed by atoms with Crippen molar-refractivity contribution in [1.29, 1.82) is 0 Å². The lowest BCUT2D eigenvalue weighted by Gasteiger charge is -2.16. The number of halogens is 2. The molecule has 0 saturated heterocycles. The predicted octanol–water partition coefficient (Wildman–Crippen LogP) is 4.78. The van der Waals surface area contributed by atoms with Gasteiger partial charge < -0.3 is 9.47 Å². The van der Waals surface area contributed by atoms with Crippen molar-refractivity contribution >= 4 is 28.4 Å². The minimum Gasteiger partial charge on any atom is -0.353 e. The van der Waals surface area contributed by atoms with Crippen molar-refractivity contribution in [3.05, 3.63) is 62.7 Å². The van der Waals surface area contributed by atoms with Crippen LogP contribution >= 0.6 is 22.6 Å². The minimum atomic E-state index is -0.382. The van der Waals surface area contributed by atoms with Gasteiger partial charge in [-0.05, 0) is 65.8 Å². The Hall–Kier alpha value is -1.38. The van der Waals surface area contributed by atoms with Gasteiger partial charge in [0.05, 0.1) is 0 Å². The number of aromatic nitrogens is 1. The molecule has 1 aromatic heterocycles. The first-order valence-corrected chi connectivity index (χ1v) is 9.76. The molecule has 0 aliphatic heterocycles. The van der Waals surface area contributed by atoms with E-state index in [1.165, 1.54) is 6.07 Å². The van der Waals surface area contributed by atoms with Crippen molar-refractivity contribution < 1.29 is 18.7 Å². The molecule has 2 aromatic rings. The van der Waals surface area contributed by atoms with Crippen LogP contribution in [0.3, 0.4) is 0 Å². The van der Waals surface area contributed by atoms with Crippen molar-refractivity contribution in [1.82, 2.24) is 4.98 Å². The normalized spacial score (nSPS) is 11.1. The Bertz CT molecular complexity index is 733. The third-order valence-electron chi connectivity index (χ3n) is 3.91. The van der Waals surface area contributed by atoms with Gasteiger partial charge in [0.25, 0.3) is 0 Å². The maximum atomic E-state index is 14.1. The Morgan fingerprint density at radius 1 is 1.19 bits per heavy atom. The molecule has 0 bridgehead atoms. The molecule has 1 aromatic carbocycles. The second kappa shape index (κ2) is 10.7. The highest BCUT2D eigenvalue weighted by Crippen LogP contribution is 2.20. The number of rotatable bonds is 10. The van der Waals surface area contributed by atoms with Gasteiger partial charge in [0.1, 0.15) is 5.82 Å². The van der Waals surface area contributed by atoms with Gasteiger partial charge in [-0.15, -0.1) is 0 Å². The minimum absolute atomic E-state index is 0.0160. The summed E-state index contributed by atoms with van der Waals surface area (Å²) in [4.78, 5) is 16.8. The van der Waals surface area contributed by atoms with Gasteiger partial charge in [0, 0.05) is 54.0 Å². The van der Waals surface area contributed by atoms with Crippen LogP contribution in [0.5, 0.6) is 0 Å². The molecule has 0 fully saturated rings. The van der Waals surface area contributed by atoms with E-state index < -0.39 is 0 Å². The summed E-state index contributed by atoms with van der Waals surface area (Å²) in [5.41, 5.74) is 1.85. The monoisotopic (exact) mass is 471 g/mol. The summed E-state index contributed by atoms with van der Waals surface area (Å²) in [5, 5.41) is 0. The van der Waals surface area contributed by atoms with E-state index in [1.807, 2.05) is 19.9 Å². The lowest BCUT2D eigenvalue weighted by Crippen LogP contribution is -2.19. The molecule has 0 saturated carbocycles. The van der Waals surface area contributed by atoms with Crippen molar-refractivity contribution in [2.45, 2.75) is 39.4 Å². The summed E-state index contributed by atoms with van der Waals surface area (Å²) >= 11 is 2.07. The van der Waals surface area contributed by atoms with Crippen LogP contribution in [0.25, 0.3) is 0 Å². The number of ether oxygens (including phenoxy) is 2. The third-order valence-corrected chi connectivity index (χ3v) is 4.58. The quantitative estimate of drug-likeness (QED) is 0.285. The molecule has 26 heavy (non-hydrogen) atoms. The Labute approximate surface area is 167 Å². The zero-order chi connectivity index (χ0) is 18.9. The van der Waals surface area contributed by atoms with Gasteiger partial charge in [-0.1, -0.05) is 6.07 Å². The highest BCUT2D eigenvalue weighted by atomic mass is 127. The molecule has 0 N–H and O–H groups in total. The fourth-order valence-electron chi connectivity index (χ4n) is 2.68. The Kier molecular flexibility index (Phi) is 8.61. The molecule has 1 heterocycles. The Balaban J connectivity index is 2.11. The van der Waals surface area contributed by atoms with E-state index >= 15 is 0 Å². The van der Waals surface area contributed by atoms with Crippen LogP contribution in [-0.4, -0.2) is 30.3 Å². The second-order valence-electron chi connectivity index (χ2n) is 5.75. The van der Waals surface area contributed by atoms with Crippen LogP contribution in [0.2, 0.25) is 0 Å². The van der Waals surface area contributed by atoms with E-state index in [2.05, 4.69) is 27.6 Å². The molecule has 6 heteroatoms. The highest BCUT2D eigenvalue weighted by molar-refractivity contribution is 14.1. The maximum Gasteiger partial charge on any atom is 0.163 e. The molecule has 0 radical (unpaired) electrons. The summed E-state index contributed by atoms with van der Waals surface area (Å²) in [6.45, 7) is 4.85. The standard InChI is InChI=1S/C20H23FINO3/c1-3-25-20(26-4-2)8-7-19(24)17-9-10-23-13-15(17)11-14-5-6-16(22)12-18(14)21/h5-6,9-10,12-13,20H,3-4,7-8,11H2,1-2H3. The fourth-order valence-corrected chi connectivity index (χ4v) is 3.13. The lowest BCUT2D eigenvalue weighted by molar-refractivity contribution is -0.138. The molecular weight excluding hydrogens is 448 g/mol. The average Bonchev–Trinajstić information content (AvgIpc) is 2.62. The van der Waals surface area contributed by atoms with Crippen LogP contribution in [-0.2, 0) is 15.9 Å². The second-order valence-corrected chi connectivity index (χ2v) is 6.99. The van der Waals surface area contributed by atoms with Crippen LogP contribution in [0.1, 0.15) is 48.2 Å². The molecule has 4 nitrogen and oxygen atoms in total. The van der Waals surface area contributed by atoms with Gasteiger partial charge >= 0.3 is 0 Å². The van der Waals surface area contributed by atoms with Crippen LogP contribution in [0.15, 0.2) is 36.7 Å². The molecule has 2 rings (SSSR count).